The van der Waals surface area contributed by atoms with Crippen LogP contribution in [0.3, 0.4) is 0 Å². The zero-order valence-electron chi connectivity index (χ0n) is 11.9. The van der Waals surface area contributed by atoms with Crippen LogP contribution in [0.5, 0.6) is 0 Å². The second-order valence-electron chi connectivity index (χ2n) is 4.90. The van der Waals surface area contributed by atoms with Crippen molar-refractivity contribution < 1.29 is 13.9 Å². The van der Waals surface area contributed by atoms with E-state index in [9.17, 15) is 9.18 Å². The predicted octanol–water partition coefficient (Wildman–Crippen LogP) is 1.90. The lowest BCUT2D eigenvalue weighted by Crippen LogP contribution is -2.54. The molecule has 1 unspecified atom stereocenters. The first kappa shape index (κ1) is 16.0. The van der Waals surface area contributed by atoms with Crippen molar-refractivity contribution in [1.29, 1.82) is 0 Å². The van der Waals surface area contributed by atoms with Crippen LogP contribution in [0, 0.1) is 5.82 Å². The topological polar surface area (TPSA) is 67.6 Å². The van der Waals surface area contributed by atoms with Crippen molar-refractivity contribution in [1.82, 2.24) is 5.32 Å². The molecule has 0 bridgehead atoms. The Balaban J connectivity index is 2.26. The molecule has 0 spiro atoms. The number of anilines is 2. The molecular weight excluding hydrogens is 341 g/mol. The zero-order chi connectivity index (χ0) is 15.4. The number of carbonyl (C=O) groups is 1. The summed E-state index contributed by atoms with van der Waals surface area (Å²) in [5, 5.41) is 2.86. The summed E-state index contributed by atoms with van der Waals surface area (Å²) >= 11 is 3.16. The molecule has 21 heavy (non-hydrogen) atoms. The first-order chi connectivity index (χ1) is 10.0. The number of nitrogens with two attached hydrogens (primary N) is 1. The number of morpholine rings is 1. The summed E-state index contributed by atoms with van der Waals surface area (Å²) in [6, 6.07) is 2.41. The standard InChI is InChI=1S/C14H19BrFN3O2/c1-2-3-18-14(20)13-8-21-5-4-19(13)12-6-9(15)10(16)7-11(12)17/h6-7,13H,2-5,8,17H2,1H3,(H,18,20). The van der Waals surface area contributed by atoms with E-state index in [2.05, 4.69) is 21.2 Å². The molecular formula is C14H19BrFN3O2. The monoisotopic (exact) mass is 359 g/mol. The summed E-state index contributed by atoms with van der Waals surface area (Å²) in [6.07, 6.45) is 0.865. The second-order valence-corrected chi connectivity index (χ2v) is 5.75. The molecule has 1 aliphatic heterocycles. The highest BCUT2D eigenvalue weighted by Crippen LogP contribution is 2.31. The molecule has 0 aromatic heterocycles. The van der Waals surface area contributed by atoms with E-state index in [4.69, 9.17) is 10.5 Å². The normalized spacial score (nSPS) is 18.6. The number of rotatable bonds is 4. The molecule has 0 radical (unpaired) electrons. The number of nitrogens with one attached hydrogen (secondary N) is 1. The molecule has 2 rings (SSSR count). The van der Waals surface area contributed by atoms with Crippen LogP contribution in [-0.4, -0.2) is 38.3 Å². The fraction of sp³-hybridized carbons (Fsp3) is 0.500. The van der Waals surface area contributed by atoms with Gasteiger partial charge in [0, 0.05) is 19.2 Å². The van der Waals surface area contributed by atoms with Gasteiger partial charge in [0.05, 0.1) is 29.1 Å². The minimum atomic E-state index is -0.454. The maximum absolute atomic E-state index is 13.5. The largest absolute Gasteiger partial charge is 0.397 e. The molecule has 116 valence electrons. The van der Waals surface area contributed by atoms with Crippen LogP contribution < -0.4 is 16.0 Å². The summed E-state index contributed by atoms with van der Waals surface area (Å²) in [7, 11) is 0. The molecule has 1 aromatic carbocycles. The number of ether oxygens (including phenoxy) is 1. The maximum Gasteiger partial charge on any atom is 0.245 e. The van der Waals surface area contributed by atoms with Gasteiger partial charge in [0.1, 0.15) is 11.9 Å². The molecule has 1 aromatic rings. The highest BCUT2D eigenvalue weighted by molar-refractivity contribution is 9.10. The quantitative estimate of drug-likeness (QED) is 0.805. The van der Waals surface area contributed by atoms with Gasteiger partial charge in [-0.15, -0.1) is 0 Å². The van der Waals surface area contributed by atoms with E-state index in [-0.39, 0.29) is 5.91 Å². The van der Waals surface area contributed by atoms with E-state index in [1.807, 2.05) is 11.8 Å². The summed E-state index contributed by atoms with van der Waals surface area (Å²) in [6.45, 7) is 3.94. The zero-order valence-corrected chi connectivity index (χ0v) is 13.5. The van der Waals surface area contributed by atoms with E-state index in [0.717, 1.165) is 6.42 Å². The van der Waals surface area contributed by atoms with Crippen LogP contribution in [0.15, 0.2) is 16.6 Å². The Bertz CT molecular complexity index is 527. The first-order valence-electron chi connectivity index (χ1n) is 6.91. The first-order valence-corrected chi connectivity index (χ1v) is 7.70. The molecule has 3 N–H and O–H groups in total. The Labute approximate surface area is 131 Å². The summed E-state index contributed by atoms with van der Waals surface area (Å²) in [5.74, 6) is -0.520. The van der Waals surface area contributed by atoms with Crippen LogP contribution in [0.4, 0.5) is 15.8 Å². The van der Waals surface area contributed by atoms with E-state index >= 15 is 0 Å². The lowest BCUT2D eigenvalue weighted by molar-refractivity contribution is -0.124. The van der Waals surface area contributed by atoms with Crippen molar-refractivity contribution in [3.8, 4) is 0 Å². The third kappa shape index (κ3) is 3.65. The van der Waals surface area contributed by atoms with Crippen molar-refractivity contribution >= 4 is 33.2 Å². The van der Waals surface area contributed by atoms with Gasteiger partial charge in [0.2, 0.25) is 5.91 Å². The van der Waals surface area contributed by atoms with Gasteiger partial charge in [-0.3, -0.25) is 4.79 Å². The number of benzene rings is 1. The van der Waals surface area contributed by atoms with Crippen molar-refractivity contribution in [3.63, 3.8) is 0 Å². The predicted molar refractivity (Wildman–Crippen MR) is 83.8 cm³/mol. The third-order valence-corrected chi connectivity index (χ3v) is 3.97. The minimum Gasteiger partial charge on any atom is -0.397 e. The van der Waals surface area contributed by atoms with Crippen molar-refractivity contribution in [2.75, 3.05) is 36.9 Å². The van der Waals surface area contributed by atoms with Crippen LogP contribution in [-0.2, 0) is 9.53 Å². The molecule has 1 atom stereocenters. The Morgan fingerprint density at radius 3 is 3.10 bits per heavy atom. The van der Waals surface area contributed by atoms with Crippen LogP contribution in [0.1, 0.15) is 13.3 Å². The number of nitrogen functional groups attached to an aromatic ring is 1. The van der Waals surface area contributed by atoms with E-state index in [0.29, 0.717) is 42.2 Å². The van der Waals surface area contributed by atoms with Crippen LogP contribution in [0.25, 0.3) is 0 Å². The van der Waals surface area contributed by atoms with Gasteiger partial charge >= 0.3 is 0 Å². The Morgan fingerprint density at radius 2 is 2.38 bits per heavy atom. The van der Waals surface area contributed by atoms with E-state index < -0.39 is 11.9 Å². The summed E-state index contributed by atoms with van der Waals surface area (Å²) in [5.41, 5.74) is 6.86. The molecule has 1 amide bonds. The average molecular weight is 360 g/mol. The Morgan fingerprint density at radius 1 is 1.62 bits per heavy atom. The fourth-order valence-electron chi connectivity index (χ4n) is 2.28. The van der Waals surface area contributed by atoms with E-state index in [1.54, 1.807) is 6.07 Å². The SMILES string of the molecule is CCCNC(=O)C1COCCN1c1cc(Br)c(F)cc1N. The molecule has 1 aliphatic rings. The smallest absolute Gasteiger partial charge is 0.245 e. The molecule has 0 aliphatic carbocycles. The lowest BCUT2D eigenvalue weighted by atomic mass is 10.1. The third-order valence-electron chi connectivity index (χ3n) is 3.36. The molecule has 7 heteroatoms. The van der Waals surface area contributed by atoms with Gasteiger partial charge in [-0.25, -0.2) is 4.39 Å². The fourth-order valence-corrected chi connectivity index (χ4v) is 2.61. The number of hydrogen-bond acceptors (Lipinski definition) is 4. The highest BCUT2D eigenvalue weighted by atomic mass is 79.9. The van der Waals surface area contributed by atoms with Crippen molar-refractivity contribution in [3.05, 3.63) is 22.4 Å². The molecule has 1 heterocycles. The average Bonchev–Trinajstić information content (AvgIpc) is 2.48. The molecule has 5 nitrogen and oxygen atoms in total. The highest BCUT2D eigenvalue weighted by Gasteiger charge is 2.30. The molecule has 1 saturated heterocycles. The number of carbonyl (C=O) groups excluding carboxylic acids is 1. The molecule has 1 fully saturated rings. The number of amides is 1. The second kappa shape index (κ2) is 7.09. The van der Waals surface area contributed by atoms with Gasteiger partial charge in [-0.1, -0.05) is 6.92 Å². The van der Waals surface area contributed by atoms with E-state index in [1.165, 1.54) is 6.07 Å². The number of hydrogen-bond donors (Lipinski definition) is 2. The Hall–Kier alpha value is -1.34. The van der Waals surface area contributed by atoms with Gasteiger partial charge in [-0.05, 0) is 28.4 Å². The van der Waals surface area contributed by atoms with Gasteiger partial charge < -0.3 is 20.7 Å². The Kier molecular flexibility index (Phi) is 5.41. The lowest BCUT2D eigenvalue weighted by Gasteiger charge is -2.37. The van der Waals surface area contributed by atoms with Crippen LogP contribution >= 0.6 is 15.9 Å². The number of nitrogens with zero attached hydrogens (tertiary/aromatic N) is 1. The van der Waals surface area contributed by atoms with Gasteiger partial charge in [0.15, 0.2) is 0 Å². The van der Waals surface area contributed by atoms with Crippen LogP contribution in [0.2, 0.25) is 0 Å². The maximum atomic E-state index is 13.5. The van der Waals surface area contributed by atoms with Gasteiger partial charge in [0.25, 0.3) is 0 Å². The van der Waals surface area contributed by atoms with Crippen molar-refractivity contribution in [2.24, 2.45) is 0 Å². The summed E-state index contributed by atoms with van der Waals surface area (Å²) in [4.78, 5) is 14.1. The van der Waals surface area contributed by atoms with Crippen molar-refractivity contribution in [2.45, 2.75) is 19.4 Å². The van der Waals surface area contributed by atoms with Gasteiger partial charge in [-0.2, -0.15) is 0 Å². The summed E-state index contributed by atoms with van der Waals surface area (Å²) < 4.78 is 19.2. The number of halogens is 2. The minimum absolute atomic E-state index is 0.101. The molecule has 0 saturated carbocycles.